The number of piperidine rings is 2. The summed E-state index contributed by atoms with van der Waals surface area (Å²) < 4.78 is 13.4. The molecule has 0 saturated carbocycles. The smallest absolute Gasteiger partial charge is 0.225 e. The van der Waals surface area contributed by atoms with Crippen molar-refractivity contribution in [2.75, 3.05) is 26.2 Å². The van der Waals surface area contributed by atoms with Gasteiger partial charge in [0.1, 0.15) is 5.82 Å². The molecule has 0 radical (unpaired) electrons. The van der Waals surface area contributed by atoms with Gasteiger partial charge in [0.05, 0.1) is 0 Å². The largest absolute Gasteiger partial charge is 0.342 e. The number of nitrogens with zero attached hydrogens (tertiary/aromatic N) is 2. The summed E-state index contributed by atoms with van der Waals surface area (Å²) in [6.45, 7) is 8.09. The van der Waals surface area contributed by atoms with Crippen LogP contribution in [0.5, 0.6) is 0 Å². The first-order valence-corrected chi connectivity index (χ1v) is 9.33. The molecule has 1 aromatic rings. The molecule has 0 spiro atoms. The number of rotatable bonds is 3. The summed E-state index contributed by atoms with van der Waals surface area (Å²) in [6.07, 6.45) is 4.12. The van der Waals surface area contributed by atoms with Gasteiger partial charge in [-0.15, -0.1) is 0 Å². The minimum atomic E-state index is -0.177. The van der Waals surface area contributed by atoms with Crippen molar-refractivity contribution in [3.8, 4) is 0 Å². The average Bonchev–Trinajstić information content (AvgIpc) is 2.61. The van der Waals surface area contributed by atoms with Crippen LogP contribution in [-0.2, 0) is 4.79 Å². The molecule has 2 aliphatic rings. The molecule has 2 heterocycles. The monoisotopic (exact) mass is 332 g/mol. The van der Waals surface area contributed by atoms with E-state index in [2.05, 4.69) is 23.6 Å². The first kappa shape index (κ1) is 17.4. The molecular formula is C20H29FN2O. The van der Waals surface area contributed by atoms with E-state index in [9.17, 15) is 9.18 Å². The minimum absolute atomic E-state index is 0.175. The van der Waals surface area contributed by atoms with Gasteiger partial charge in [-0.1, -0.05) is 19.1 Å². The number of hydrogen-bond acceptors (Lipinski definition) is 2. The summed E-state index contributed by atoms with van der Waals surface area (Å²) in [5, 5.41) is 0. The molecule has 0 N–H and O–H groups in total. The second-order valence-corrected chi connectivity index (χ2v) is 7.55. The van der Waals surface area contributed by atoms with E-state index in [1.807, 2.05) is 6.07 Å². The molecule has 0 bridgehead atoms. The highest BCUT2D eigenvalue weighted by Crippen LogP contribution is 2.29. The van der Waals surface area contributed by atoms with Crippen molar-refractivity contribution in [1.82, 2.24) is 9.80 Å². The maximum absolute atomic E-state index is 13.4. The van der Waals surface area contributed by atoms with Crippen LogP contribution in [0.25, 0.3) is 0 Å². The molecule has 4 heteroatoms. The van der Waals surface area contributed by atoms with Crippen molar-refractivity contribution in [3.05, 3.63) is 35.6 Å². The summed E-state index contributed by atoms with van der Waals surface area (Å²) >= 11 is 0. The highest BCUT2D eigenvalue weighted by Gasteiger charge is 2.31. The molecule has 3 nitrogen and oxygen atoms in total. The molecule has 0 aromatic heterocycles. The molecule has 3 rings (SSSR count). The molecule has 2 aliphatic heterocycles. The van der Waals surface area contributed by atoms with E-state index >= 15 is 0 Å². The van der Waals surface area contributed by atoms with Crippen LogP contribution in [-0.4, -0.2) is 41.9 Å². The number of carbonyl (C=O) groups is 1. The Morgan fingerprint density at radius 1 is 1.12 bits per heavy atom. The molecular weight excluding hydrogens is 303 g/mol. The van der Waals surface area contributed by atoms with E-state index in [1.54, 1.807) is 12.1 Å². The van der Waals surface area contributed by atoms with E-state index < -0.39 is 0 Å². The Morgan fingerprint density at radius 2 is 1.79 bits per heavy atom. The Balaban J connectivity index is 1.53. The molecule has 1 amide bonds. The van der Waals surface area contributed by atoms with Crippen LogP contribution in [0, 0.1) is 17.7 Å². The summed E-state index contributed by atoms with van der Waals surface area (Å²) in [5.41, 5.74) is 1.02. The topological polar surface area (TPSA) is 23.6 Å². The van der Waals surface area contributed by atoms with Crippen LogP contribution < -0.4 is 0 Å². The summed E-state index contributed by atoms with van der Waals surface area (Å²) in [6, 6.07) is 7.07. The van der Waals surface area contributed by atoms with Gasteiger partial charge in [0.15, 0.2) is 0 Å². The van der Waals surface area contributed by atoms with E-state index in [0.29, 0.717) is 5.91 Å². The van der Waals surface area contributed by atoms with Gasteiger partial charge in [0.25, 0.3) is 0 Å². The highest BCUT2D eigenvalue weighted by molar-refractivity contribution is 5.79. The summed E-state index contributed by atoms with van der Waals surface area (Å²) in [4.78, 5) is 17.2. The van der Waals surface area contributed by atoms with Gasteiger partial charge < -0.3 is 4.90 Å². The zero-order valence-corrected chi connectivity index (χ0v) is 14.9. The van der Waals surface area contributed by atoms with E-state index in [-0.39, 0.29) is 17.8 Å². The van der Waals surface area contributed by atoms with Gasteiger partial charge in [-0.25, -0.2) is 4.39 Å². The van der Waals surface area contributed by atoms with Crippen LogP contribution in [0.15, 0.2) is 24.3 Å². The van der Waals surface area contributed by atoms with Gasteiger partial charge in [-0.05, 0) is 69.3 Å². The lowest BCUT2D eigenvalue weighted by atomic mass is 9.91. The van der Waals surface area contributed by atoms with Gasteiger partial charge in [0, 0.05) is 25.0 Å². The second-order valence-electron chi connectivity index (χ2n) is 7.55. The number of benzene rings is 1. The number of hydrogen-bond donors (Lipinski definition) is 0. The van der Waals surface area contributed by atoms with Crippen LogP contribution in [0.3, 0.4) is 0 Å². The summed E-state index contributed by atoms with van der Waals surface area (Å²) in [5.74, 6) is 1.11. The van der Waals surface area contributed by atoms with E-state index in [1.165, 1.54) is 6.07 Å². The SMILES string of the molecule is CC1CCN(C(=O)C2CCN(C(C)c3cccc(F)c3)CC2)CC1. The molecule has 24 heavy (non-hydrogen) atoms. The molecule has 1 atom stereocenters. The second kappa shape index (κ2) is 7.64. The first-order chi connectivity index (χ1) is 11.5. The van der Waals surface area contributed by atoms with Gasteiger partial charge in [-0.2, -0.15) is 0 Å². The Hall–Kier alpha value is -1.42. The molecule has 0 aliphatic carbocycles. The average molecular weight is 332 g/mol. The fourth-order valence-corrected chi connectivity index (χ4v) is 4.00. The van der Waals surface area contributed by atoms with E-state index in [0.717, 1.165) is 63.3 Å². The fourth-order valence-electron chi connectivity index (χ4n) is 4.00. The third kappa shape index (κ3) is 3.97. The minimum Gasteiger partial charge on any atom is -0.342 e. The first-order valence-electron chi connectivity index (χ1n) is 9.33. The van der Waals surface area contributed by atoms with Crippen LogP contribution >= 0.6 is 0 Å². The molecule has 2 fully saturated rings. The number of likely N-dealkylation sites (tertiary alicyclic amines) is 2. The number of carbonyl (C=O) groups excluding carboxylic acids is 1. The lowest BCUT2D eigenvalue weighted by Crippen LogP contribution is -2.45. The Labute approximate surface area is 144 Å². The van der Waals surface area contributed by atoms with E-state index in [4.69, 9.17) is 0 Å². The lowest BCUT2D eigenvalue weighted by molar-refractivity contribution is -0.138. The molecule has 132 valence electrons. The third-order valence-electron chi connectivity index (χ3n) is 5.85. The van der Waals surface area contributed by atoms with Crippen molar-refractivity contribution >= 4 is 5.91 Å². The molecule has 2 saturated heterocycles. The Morgan fingerprint density at radius 3 is 2.42 bits per heavy atom. The fraction of sp³-hybridized carbons (Fsp3) is 0.650. The van der Waals surface area contributed by atoms with Crippen molar-refractivity contribution in [3.63, 3.8) is 0 Å². The van der Waals surface area contributed by atoms with Crippen molar-refractivity contribution in [2.45, 2.75) is 45.6 Å². The van der Waals surface area contributed by atoms with Crippen molar-refractivity contribution < 1.29 is 9.18 Å². The van der Waals surface area contributed by atoms with Gasteiger partial charge in [-0.3, -0.25) is 9.69 Å². The lowest BCUT2D eigenvalue weighted by Gasteiger charge is -2.38. The normalized spacial score (nSPS) is 22.5. The zero-order chi connectivity index (χ0) is 17.1. The molecule has 1 unspecified atom stereocenters. The van der Waals surface area contributed by atoms with Crippen LogP contribution in [0.2, 0.25) is 0 Å². The van der Waals surface area contributed by atoms with Gasteiger partial charge in [0.2, 0.25) is 5.91 Å². The number of halogens is 1. The predicted molar refractivity (Wildman–Crippen MR) is 94.1 cm³/mol. The van der Waals surface area contributed by atoms with Crippen LogP contribution in [0.1, 0.15) is 51.1 Å². The van der Waals surface area contributed by atoms with Crippen LogP contribution in [0.4, 0.5) is 4.39 Å². The summed E-state index contributed by atoms with van der Waals surface area (Å²) in [7, 11) is 0. The standard InChI is InChI=1S/C20H29FN2O/c1-15-6-10-23(11-7-15)20(24)17-8-12-22(13-9-17)16(2)18-4-3-5-19(21)14-18/h3-5,14-17H,6-13H2,1-2H3. The van der Waals surface area contributed by atoms with Crippen molar-refractivity contribution in [1.29, 1.82) is 0 Å². The number of amides is 1. The highest BCUT2D eigenvalue weighted by atomic mass is 19.1. The Kier molecular flexibility index (Phi) is 5.54. The molecule has 1 aromatic carbocycles. The maximum Gasteiger partial charge on any atom is 0.225 e. The predicted octanol–water partition coefficient (Wildman–Crippen LogP) is 3.86. The third-order valence-corrected chi connectivity index (χ3v) is 5.85. The van der Waals surface area contributed by atoms with Crippen molar-refractivity contribution in [2.24, 2.45) is 11.8 Å². The van der Waals surface area contributed by atoms with Gasteiger partial charge >= 0.3 is 0 Å². The maximum atomic E-state index is 13.4. The Bertz CT molecular complexity index is 561. The quantitative estimate of drug-likeness (QED) is 0.839. The zero-order valence-electron chi connectivity index (χ0n) is 14.9.